The zero-order valence-electron chi connectivity index (χ0n) is 12.0. The number of likely N-dealkylation sites (tertiary alicyclic amines) is 1. The van der Waals surface area contributed by atoms with E-state index in [2.05, 4.69) is 23.5 Å². The Labute approximate surface area is 125 Å². The van der Waals surface area contributed by atoms with Crippen molar-refractivity contribution in [3.8, 4) is 0 Å². The fraction of sp³-hybridized carbons (Fsp3) is 0.692. The number of rotatable bonds is 6. The molecule has 0 radical (unpaired) electrons. The van der Waals surface area contributed by atoms with Crippen molar-refractivity contribution in [3.63, 3.8) is 0 Å². The van der Waals surface area contributed by atoms with Crippen LogP contribution in [-0.2, 0) is 16.6 Å². The molecule has 1 aliphatic rings. The van der Waals surface area contributed by atoms with Crippen LogP contribution in [-0.4, -0.2) is 39.0 Å². The second-order valence-electron chi connectivity index (χ2n) is 5.51. The van der Waals surface area contributed by atoms with Gasteiger partial charge in [-0.15, -0.1) is 11.3 Å². The Bertz CT molecular complexity index is 540. The first-order valence-corrected chi connectivity index (χ1v) is 9.30. The van der Waals surface area contributed by atoms with Gasteiger partial charge < -0.3 is 10.6 Å². The summed E-state index contributed by atoms with van der Waals surface area (Å²) in [5, 5.41) is 1.77. The van der Waals surface area contributed by atoms with Gasteiger partial charge in [0, 0.05) is 30.6 Å². The largest absolute Gasteiger partial charge is 0.326 e. The van der Waals surface area contributed by atoms with Crippen molar-refractivity contribution in [2.75, 3.05) is 19.6 Å². The van der Waals surface area contributed by atoms with Crippen molar-refractivity contribution in [3.05, 3.63) is 16.3 Å². The maximum absolute atomic E-state index is 12.3. The highest BCUT2D eigenvalue weighted by Crippen LogP contribution is 2.22. The standard InChI is InChI=1S/C13H23N3O2S2/c1-10(2)16-5-3-11(9-16)8-15-20(17,18)13-4-6-19-12(13)7-14/h4,6,10-11,15H,3,5,7-9,14H2,1-2H3. The lowest BCUT2D eigenvalue weighted by molar-refractivity contribution is 0.265. The van der Waals surface area contributed by atoms with Gasteiger partial charge in [0.15, 0.2) is 0 Å². The highest BCUT2D eigenvalue weighted by atomic mass is 32.2. The number of nitrogens with one attached hydrogen (secondary N) is 1. The number of sulfonamides is 1. The Hall–Kier alpha value is -0.470. The molecular weight excluding hydrogens is 294 g/mol. The van der Waals surface area contributed by atoms with Crippen LogP contribution in [0.25, 0.3) is 0 Å². The predicted molar refractivity (Wildman–Crippen MR) is 82.2 cm³/mol. The van der Waals surface area contributed by atoms with Gasteiger partial charge in [0.05, 0.1) is 4.90 Å². The van der Waals surface area contributed by atoms with Crippen molar-refractivity contribution >= 4 is 21.4 Å². The topological polar surface area (TPSA) is 75.4 Å². The van der Waals surface area contributed by atoms with Gasteiger partial charge >= 0.3 is 0 Å². The van der Waals surface area contributed by atoms with E-state index in [0.717, 1.165) is 19.5 Å². The molecule has 5 nitrogen and oxygen atoms in total. The molecule has 1 aromatic rings. The summed E-state index contributed by atoms with van der Waals surface area (Å²) in [6.45, 7) is 7.13. The smallest absolute Gasteiger partial charge is 0.241 e. The minimum Gasteiger partial charge on any atom is -0.326 e. The summed E-state index contributed by atoms with van der Waals surface area (Å²) in [7, 11) is -3.42. The lowest BCUT2D eigenvalue weighted by Crippen LogP contribution is -2.33. The Morgan fingerprint density at radius 1 is 1.55 bits per heavy atom. The molecule has 1 aliphatic heterocycles. The van der Waals surface area contributed by atoms with Crippen LogP contribution in [0.4, 0.5) is 0 Å². The lowest BCUT2D eigenvalue weighted by atomic mass is 10.1. The SMILES string of the molecule is CC(C)N1CCC(CNS(=O)(=O)c2ccsc2CN)C1. The molecule has 0 aliphatic carbocycles. The molecule has 0 amide bonds. The first-order valence-electron chi connectivity index (χ1n) is 6.94. The minimum absolute atomic E-state index is 0.262. The third-order valence-corrected chi connectivity index (χ3v) is 6.37. The summed E-state index contributed by atoms with van der Waals surface area (Å²) in [6, 6.07) is 2.15. The van der Waals surface area contributed by atoms with Crippen LogP contribution >= 0.6 is 11.3 Å². The number of hydrogen-bond acceptors (Lipinski definition) is 5. The summed E-state index contributed by atoms with van der Waals surface area (Å²) in [6.07, 6.45) is 1.05. The molecular formula is C13H23N3O2S2. The van der Waals surface area contributed by atoms with Crippen LogP contribution in [0.2, 0.25) is 0 Å². The van der Waals surface area contributed by atoms with E-state index in [1.54, 1.807) is 11.4 Å². The molecule has 3 N–H and O–H groups in total. The average molecular weight is 317 g/mol. The van der Waals surface area contributed by atoms with E-state index < -0.39 is 10.0 Å². The Balaban J connectivity index is 1.94. The molecule has 1 atom stereocenters. The van der Waals surface area contributed by atoms with E-state index >= 15 is 0 Å². The van der Waals surface area contributed by atoms with E-state index in [9.17, 15) is 8.42 Å². The van der Waals surface area contributed by atoms with Crippen molar-refractivity contribution < 1.29 is 8.42 Å². The van der Waals surface area contributed by atoms with Gasteiger partial charge in [-0.05, 0) is 44.2 Å². The molecule has 0 spiro atoms. The van der Waals surface area contributed by atoms with Crippen molar-refractivity contribution in [2.45, 2.75) is 37.8 Å². The summed E-state index contributed by atoms with van der Waals surface area (Å²) in [5.74, 6) is 0.395. The number of hydrogen-bond donors (Lipinski definition) is 2. The molecule has 20 heavy (non-hydrogen) atoms. The van der Waals surface area contributed by atoms with Crippen LogP contribution in [0, 0.1) is 5.92 Å². The Morgan fingerprint density at radius 2 is 2.30 bits per heavy atom. The van der Waals surface area contributed by atoms with Gasteiger partial charge in [0.25, 0.3) is 0 Å². The summed E-state index contributed by atoms with van der Waals surface area (Å²) in [4.78, 5) is 3.44. The molecule has 1 aromatic heterocycles. The van der Waals surface area contributed by atoms with Crippen LogP contribution in [0.1, 0.15) is 25.1 Å². The van der Waals surface area contributed by atoms with Gasteiger partial charge in [-0.25, -0.2) is 13.1 Å². The van der Waals surface area contributed by atoms with Gasteiger partial charge in [-0.1, -0.05) is 0 Å². The van der Waals surface area contributed by atoms with Crippen LogP contribution in [0.5, 0.6) is 0 Å². The quantitative estimate of drug-likeness (QED) is 0.827. The molecule has 1 fully saturated rings. The van der Waals surface area contributed by atoms with Crippen LogP contribution < -0.4 is 10.5 Å². The van der Waals surface area contributed by atoms with Crippen LogP contribution in [0.3, 0.4) is 0 Å². The average Bonchev–Trinajstić information content (AvgIpc) is 3.05. The monoisotopic (exact) mass is 317 g/mol. The van der Waals surface area contributed by atoms with Crippen molar-refractivity contribution in [1.29, 1.82) is 0 Å². The molecule has 0 aromatic carbocycles. The van der Waals surface area contributed by atoms with E-state index in [1.165, 1.54) is 11.3 Å². The van der Waals surface area contributed by atoms with E-state index in [1.807, 2.05) is 0 Å². The third kappa shape index (κ3) is 3.59. The van der Waals surface area contributed by atoms with E-state index in [-0.39, 0.29) is 6.54 Å². The van der Waals surface area contributed by atoms with E-state index in [0.29, 0.717) is 28.3 Å². The van der Waals surface area contributed by atoms with Crippen LogP contribution in [0.15, 0.2) is 16.3 Å². The highest BCUT2D eigenvalue weighted by Gasteiger charge is 2.26. The van der Waals surface area contributed by atoms with Gasteiger partial charge in [0.1, 0.15) is 0 Å². The molecule has 0 bridgehead atoms. The number of nitrogens with zero attached hydrogens (tertiary/aromatic N) is 1. The summed E-state index contributed by atoms with van der Waals surface area (Å²) >= 11 is 1.39. The van der Waals surface area contributed by atoms with Gasteiger partial charge in [-0.3, -0.25) is 0 Å². The second-order valence-corrected chi connectivity index (χ2v) is 8.24. The fourth-order valence-corrected chi connectivity index (χ4v) is 4.97. The maximum Gasteiger partial charge on any atom is 0.241 e. The van der Waals surface area contributed by atoms with Crippen molar-refractivity contribution in [2.24, 2.45) is 11.7 Å². The molecule has 1 saturated heterocycles. The van der Waals surface area contributed by atoms with Gasteiger partial charge in [0.2, 0.25) is 10.0 Å². The molecule has 2 heterocycles. The first-order chi connectivity index (χ1) is 9.44. The molecule has 7 heteroatoms. The minimum atomic E-state index is -3.42. The normalized spacial score (nSPS) is 20.9. The zero-order valence-corrected chi connectivity index (χ0v) is 13.6. The third-order valence-electron chi connectivity index (χ3n) is 3.79. The maximum atomic E-state index is 12.3. The molecule has 114 valence electrons. The highest BCUT2D eigenvalue weighted by molar-refractivity contribution is 7.89. The summed E-state index contributed by atoms with van der Waals surface area (Å²) in [5.41, 5.74) is 5.57. The Kier molecular flexibility index (Phi) is 5.19. The zero-order chi connectivity index (χ0) is 14.8. The fourth-order valence-electron chi connectivity index (χ4n) is 2.52. The molecule has 1 unspecified atom stereocenters. The summed E-state index contributed by atoms with van der Waals surface area (Å²) < 4.78 is 27.3. The second kappa shape index (κ2) is 6.53. The molecule has 2 rings (SSSR count). The van der Waals surface area contributed by atoms with Gasteiger partial charge in [-0.2, -0.15) is 0 Å². The number of nitrogens with two attached hydrogens (primary N) is 1. The Morgan fingerprint density at radius 3 is 2.90 bits per heavy atom. The number of thiophene rings is 1. The lowest BCUT2D eigenvalue weighted by Gasteiger charge is -2.20. The van der Waals surface area contributed by atoms with E-state index in [4.69, 9.17) is 5.73 Å². The molecule has 0 saturated carbocycles. The first kappa shape index (κ1) is 15.9. The van der Waals surface area contributed by atoms with Crippen molar-refractivity contribution in [1.82, 2.24) is 9.62 Å². The predicted octanol–water partition coefficient (Wildman–Crippen LogP) is 1.22.